The SMILES string of the molecule is COc1cc(NC(C)c2ccc(O)cc2F)ccc1Cl. The summed E-state index contributed by atoms with van der Waals surface area (Å²) in [5, 5.41) is 12.9. The molecule has 0 fully saturated rings. The Balaban J connectivity index is 2.21. The van der Waals surface area contributed by atoms with Gasteiger partial charge in [0.05, 0.1) is 18.2 Å². The third-order valence-electron chi connectivity index (χ3n) is 2.98. The highest BCUT2D eigenvalue weighted by atomic mass is 35.5. The normalized spacial score (nSPS) is 12.0. The minimum atomic E-state index is -0.453. The van der Waals surface area contributed by atoms with E-state index in [1.54, 1.807) is 24.3 Å². The molecule has 106 valence electrons. The molecule has 0 amide bonds. The fourth-order valence-corrected chi connectivity index (χ4v) is 2.14. The van der Waals surface area contributed by atoms with Crippen LogP contribution in [0.4, 0.5) is 10.1 Å². The number of hydrogen-bond acceptors (Lipinski definition) is 3. The van der Waals surface area contributed by atoms with Crippen LogP contribution in [0.15, 0.2) is 36.4 Å². The molecule has 0 saturated carbocycles. The molecule has 0 aliphatic carbocycles. The van der Waals surface area contributed by atoms with E-state index in [1.807, 2.05) is 6.92 Å². The van der Waals surface area contributed by atoms with Crippen molar-refractivity contribution in [3.8, 4) is 11.5 Å². The zero-order chi connectivity index (χ0) is 14.7. The van der Waals surface area contributed by atoms with Crippen molar-refractivity contribution in [2.45, 2.75) is 13.0 Å². The predicted octanol–water partition coefficient (Wildman–Crippen LogP) is 4.37. The van der Waals surface area contributed by atoms with Crippen LogP contribution in [-0.2, 0) is 0 Å². The summed E-state index contributed by atoms with van der Waals surface area (Å²) in [4.78, 5) is 0. The van der Waals surface area contributed by atoms with Crippen LogP contribution in [0.1, 0.15) is 18.5 Å². The van der Waals surface area contributed by atoms with Crippen molar-refractivity contribution in [2.75, 3.05) is 12.4 Å². The molecular formula is C15H15ClFNO2. The lowest BCUT2D eigenvalue weighted by atomic mass is 10.1. The summed E-state index contributed by atoms with van der Waals surface area (Å²) in [6, 6.07) is 9.09. The number of rotatable bonds is 4. The van der Waals surface area contributed by atoms with E-state index in [0.29, 0.717) is 16.3 Å². The molecular weight excluding hydrogens is 281 g/mol. The molecule has 3 nitrogen and oxygen atoms in total. The molecule has 20 heavy (non-hydrogen) atoms. The predicted molar refractivity (Wildman–Crippen MR) is 78.1 cm³/mol. The molecule has 0 aliphatic heterocycles. The van der Waals surface area contributed by atoms with Crippen molar-refractivity contribution in [1.82, 2.24) is 0 Å². The maximum atomic E-state index is 13.8. The van der Waals surface area contributed by atoms with E-state index < -0.39 is 5.82 Å². The van der Waals surface area contributed by atoms with E-state index in [4.69, 9.17) is 16.3 Å². The number of hydrogen-bond donors (Lipinski definition) is 2. The van der Waals surface area contributed by atoms with Crippen LogP contribution in [-0.4, -0.2) is 12.2 Å². The van der Waals surface area contributed by atoms with Gasteiger partial charge < -0.3 is 15.2 Å². The Morgan fingerprint density at radius 3 is 2.65 bits per heavy atom. The third kappa shape index (κ3) is 3.14. The minimum Gasteiger partial charge on any atom is -0.508 e. The first-order chi connectivity index (χ1) is 9.51. The number of benzene rings is 2. The van der Waals surface area contributed by atoms with Gasteiger partial charge in [-0.1, -0.05) is 17.7 Å². The second-order valence-corrected chi connectivity index (χ2v) is 4.83. The second kappa shape index (κ2) is 6.01. The van der Waals surface area contributed by atoms with Gasteiger partial charge in [-0.05, 0) is 25.1 Å². The smallest absolute Gasteiger partial charge is 0.139 e. The fraction of sp³-hybridized carbons (Fsp3) is 0.200. The van der Waals surface area contributed by atoms with Gasteiger partial charge in [0.1, 0.15) is 17.3 Å². The average Bonchev–Trinajstić information content (AvgIpc) is 2.40. The Kier molecular flexibility index (Phi) is 4.35. The Labute approximate surface area is 122 Å². The van der Waals surface area contributed by atoms with Crippen LogP contribution in [0, 0.1) is 5.82 Å². The number of ether oxygens (including phenoxy) is 1. The minimum absolute atomic E-state index is 0.0911. The summed E-state index contributed by atoms with van der Waals surface area (Å²) in [6.07, 6.45) is 0. The van der Waals surface area contributed by atoms with Crippen molar-refractivity contribution in [3.05, 3.63) is 52.8 Å². The lowest BCUT2D eigenvalue weighted by molar-refractivity contribution is 0.415. The number of phenols is 1. The largest absolute Gasteiger partial charge is 0.508 e. The van der Waals surface area contributed by atoms with Crippen molar-refractivity contribution >= 4 is 17.3 Å². The van der Waals surface area contributed by atoms with Crippen LogP contribution in [0.3, 0.4) is 0 Å². The van der Waals surface area contributed by atoms with Gasteiger partial charge in [-0.25, -0.2) is 4.39 Å². The van der Waals surface area contributed by atoms with E-state index in [1.165, 1.54) is 13.2 Å². The van der Waals surface area contributed by atoms with Gasteiger partial charge >= 0.3 is 0 Å². The molecule has 0 saturated heterocycles. The summed E-state index contributed by atoms with van der Waals surface area (Å²) in [6.45, 7) is 1.83. The Bertz CT molecular complexity index is 619. The molecule has 2 rings (SSSR count). The number of nitrogens with one attached hydrogen (secondary N) is 1. The molecule has 0 radical (unpaired) electrons. The molecule has 0 aliphatic rings. The van der Waals surface area contributed by atoms with E-state index >= 15 is 0 Å². The number of anilines is 1. The second-order valence-electron chi connectivity index (χ2n) is 4.42. The highest BCUT2D eigenvalue weighted by molar-refractivity contribution is 6.32. The molecule has 2 aromatic carbocycles. The van der Waals surface area contributed by atoms with Crippen LogP contribution >= 0.6 is 11.6 Å². The number of methoxy groups -OCH3 is 1. The van der Waals surface area contributed by atoms with Gasteiger partial charge in [0.2, 0.25) is 0 Å². The summed E-state index contributed by atoms with van der Waals surface area (Å²) in [5.74, 6) is 0.00702. The van der Waals surface area contributed by atoms with Crippen molar-refractivity contribution in [3.63, 3.8) is 0 Å². The van der Waals surface area contributed by atoms with Crippen LogP contribution in [0.2, 0.25) is 5.02 Å². The van der Waals surface area contributed by atoms with Crippen molar-refractivity contribution < 1.29 is 14.2 Å². The van der Waals surface area contributed by atoms with Gasteiger partial charge in [0, 0.05) is 23.4 Å². The Morgan fingerprint density at radius 2 is 2.00 bits per heavy atom. The zero-order valence-electron chi connectivity index (χ0n) is 11.2. The van der Waals surface area contributed by atoms with Gasteiger partial charge in [-0.15, -0.1) is 0 Å². The Hall–Kier alpha value is -1.94. The molecule has 5 heteroatoms. The lowest BCUT2D eigenvalue weighted by Crippen LogP contribution is -2.08. The van der Waals surface area contributed by atoms with E-state index in [2.05, 4.69) is 5.32 Å². The van der Waals surface area contributed by atoms with E-state index in [9.17, 15) is 9.50 Å². The quantitative estimate of drug-likeness (QED) is 0.880. The lowest BCUT2D eigenvalue weighted by Gasteiger charge is -2.17. The first-order valence-corrected chi connectivity index (χ1v) is 6.47. The molecule has 1 unspecified atom stereocenters. The van der Waals surface area contributed by atoms with Gasteiger partial charge in [0.15, 0.2) is 0 Å². The average molecular weight is 296 g/mol. The number of aromatic hydroxyl groups is 1. The summed E-state index contributed by atoms with van der Waals surface area (Å²) < 4.78 is 18.9. The molecule has 2 N–H and O–H groups in total. The van der Waals surface area contributed by atoms with Crippen molar-refractivity contribution in [2.24, 2.45) is 0 Å². The first kappa shape index (κ1) is 14.5. The van der Waals surface area contributed by atoms with Crippen LogP contribution in [0.5, 0.6) is 11.5 Å². The van der Waals surface area contributed by atoms with E-state index in [0.717, 1.165) is 11.8 Å². The van der Waals surface area contributed by atoms with Crippen LogP contribution in [0.25, 0.3) is 0 Å². The van der Waals surface area contributed by atoms with Crippen LogP contribution < -0.4 is 10.1 Å². The molecule has 0 heterocycles. The highest BCUT2D eigenvalue weighted by Gasteiger charge is 2.12. The Morgan fingerprint density at radius 1 is 1.25 bits per heavy atom. The highest BCUT2D eigenvalue weighted by Crippen LogP contribution is 2.30. The van der Waals surface area contributed by atoms with Gasteiger partial charge in [-0.2, -0.15) is 0 Å². The molecule has 1 atom stereocenters. The maximum absolute atomic E-state index is 13.8. The zero-order valence-corrected chi connectivity index (χ0v) is 11.9. The first-order valence-electron chi connectivity index (χ1n) is 6.09. The standard InChI is InChI=1S/C15H15ClFNO2/c1-9(12-5-4-11(19)8-14(12)17)18-10-3-6-13(16)15(7-10)20-2/h3-9,18-19H,1-2H3. The van der Waals surface area contributed by atoms with Crippen molar-refractivity contribution in [1.29, 1.82) is 0 Å². The molecule has 0 spiro atoms. The van der Waals surface area contributed by atoms with Gasteiger partial charge in [0.25, 0.3) is 0 Å². The molecule has 0 aromatic heterocycles. The topological polar surface area (TPSA) is 41.5 Å². The molecule has 2 aromatic rings. The maximum Gasteiger partial charge on any atom is 0.139 e. The summed E-state index contributed by atoms with van der Waals surface area (Å²) >= 11 is 5.95. The monoisotopic (exact) mass is 295 g/mol. The number of halogens is 2. The number of phenolic OH excluding ortho intramolecular Hbond substituents is 1. The summed E-state index contributed by atoms with van der Waals surface area (Å²) in [7, 11) is 1.54. The molecule has 0 bridgehead atoms. The summed E-state index contributed by atoms with van der Waals surface area (Å²) in [5.41, 5.74) is 1.24. The van der Waals surface area contributed by atoms with E-state index in [-0.39, 0.29) is 11.8 Å². The third-order valence-corrected chi connectivity index (χ3v) is 3.30. The van der Waals surface area contributed by atoms with Gasteiger partial charge in [-0.3, -0.25) is 0 Å². The fourth-order valence-electron chi connectivity index (χ4n) is 1.94.